The summed E-state index contributed by atoms with van der Waals surface area (Å²) < 4.78 is 28.9. The Morgan fingerprint density at radius 3 is 2.00 bits per heavy atom. The Bertz CT molecular complexity index is 541. The van der Waals surface area contributed by atoms with Crippen LogP contribution in [-0.2, 0) is 41.6 Å². The van der Waals surface area contributed by atoms with Gasteiger partial charge in [0.05, 0.1) is 72.3 Å². The average Bonchev–Trinajstić information content (AvgIpc) is 3.19. The number of aryl methyl sites for hydroxylation is 1. The summed E-state index contributed by atoms with van der Waals surface area (Å²) in [4.78, 5) is 11.0. The van der Waals surface area contributed by atoms with Crippen LogP contribution >= 0.6 is 0 Å². The molecular weight excluding hydrogens is 392 g/mol. The second-order valence-electron chi connectivity index (χ2n) is 7.08. The van der Waals surface area contributed by atoms with E-state index in [1.54, 1.807) is 7.05 Å². The molecule has 1 N–H and O–H groups in total. The van der Waals surface area contributed by atoms with Crippen LogP contribution in [-0.4, -0.2) is 87.4 Å². The van der Waals surface area contributed by atoms with Gasteiger partial charge >= 0.3 is 0 Å². The first-order valence-electron chi connectivity index (χ1n) is 10.6. The Hall–Kier alpha value is -1.59. The molecule has 1 aromatic heterocycles. The number of amides is 1. The molecule has 30 heavy (non-hydrogen) atoms. The molecule has 0 unspecified atom stereocenters. The predicted octanol–water partition coefficient (Wildman–Crippen LogP) is 1.04. The number of aromatic nitrogens is 3. The third-order valence-electron chi connectivity index (χ3n) is 4.01. The molecule has 0 fully saturated rings. The molecule has 0 spiro atoms. The Labute approximate surface area is 179 Å². The number of carbonyl (C=O) groups is 1. The Morgan fingerprint density at radius 2 is 1.47 bits per heavy atom. The van der Waals surface area contributed by atoms with E-state index in [2.05, 4.69) is 29.5 Å². The zero-order valence-corrected chi connectivity index (χ0v) is 18.6. The number of carbonyl (C=O) groups excluding carboxylic acids is 1. The highest BCUT2D eigenvalue weighted by Crippen LogP contribution is 2.03. The molecule has 0 radical (unpaired) electrons. The zero-order valence-electron chi connectivity index (χ0n) is 18.6. The van der Waals surface area contributed by atoms with Crippen molar-refractivity contribution in [1.29, 1.82) is 0 Å². The smallest absolute Gasteiger partial charge is 0.222 e. The van der Waals surface area contributed by atoms with Gasteiger partial charge in [-0.05, 0) is 12.3 Å². The molecule has 0 aliphatic carbocycles. The van der Waals surface area contributed by atoms with E-state index >= 15 is 0 Å². The van der Waals surface area contributed by atoms with Gasteiger partial charge in [-0.15, -0.1) is 5.10 Å². The largest absolute Gasteiger partial charge is 0.379 e. The van der Waals surface area contributed by atoms with Crippen LogP contribution in [0.25, 0.3) is 0 Å². The van der Waals surface area contributed by atoms with Crippen molar-refractivity contribution < 1.29 is 28.5 Å². The molecule has 1 rings (SSSR count). The van der Waals surface area contributed by atoms with Crippen molar-refractivity contribution in [2.45, 2.75) is 39.8 Å². The summed E-state index contributed by atoms with van der Waals surface area (Å²) in [7, 11) is 1.61. The SMILES string of the molecule is CNC(=O)CCOCCOCCOCCOCCOCc1cn(CCC(C)C)nn1. The van der Waals surface area contributed by atoms with Crippen molar-refractivity contribution in [2.24, 2.45) is 5.92 Å². The molecule has 0 atom stereocenters. The maximum Gasteiger partial charge on any atom is 0.222 e. The van der Waals surface area contributed by atoms with E-state index in [1.165, 1.54) is 0 Å². The Kier molecular flexibility index (Phi) is 16.0. The molecule has 1 aromatic rings. The fourth-order valence-electron chi connectivity index (χ4n) is 2.25. The zero-order chi connectivity index (χ0) is 21.9. The van der Waals surface area contributed by atoms with Crippen LogP contribution in [0, 0.1) is 5.92 Å². The first-order valence-corrected chi connectivity index (χ1v) is 10.6. The average molecular weight is 431 g/mol. The molecule has 0 saturated heterocycles. The van der Waals surface area contributed by atoms with E-state index in [9.17, 15) is 4.79 Å². The highest BCUT2D eigenvalue weighted by Gasteiger charge is 2.02. The third-order valence-corrected chi connectivity index (χ3v) is 4.01. The number of nitrogens with zero attached hydrogens (tertiary/aromatic N) is 3. The number of ether oxygens (including phenoxy) is 5. The minimum atomic E-state index is -0.0281. The second kappa shape index (κ2) is 18.2. The fourth-order valence-corrected chi connectivity index (χ4v) is 2.25. The third kappa shape index (κ3) is 15.3. The van der Waals surface area contributed by atoms with Gasteiger partial charge in [-0.2, -0.15) is 0 Å². The second-order valence-corrected chi connectivity index (χ2v) is 7.08. The summed E-state index contributed by atoms with van der Waals surface area (Å²) in [5.74, 6) is 0.619. The molecule has 174 valence electrons. The van der Waals surface area contributed by atoms with E-state index in [-0.39, 0.29) is 5.91 Å². The minimum Gasteiger partial charge on any atom is -0.379 e. The quantitative estimate of drug-likeness (QED) is 0.306. The lowest BCUT2D eigenvalue weighted by Gasteiger charge is -2.07. The molecule has 0 aliphatic heterocycles. The van der Waals surface area contributed by atoms with Gasteiger partial charge in [0.1, 0.15) is 5.69 Å². The molecule has 10 nitrogen and oxygen atoms in total. The number of rotatable bonds is 20. The van der Waals surface area contributed by atoms with Gasteiger partial charge in [0.25, 0.3) is 0 Å². The van der Waals surface area contributed by atoms with Crippen molar-refractivity contribution in [3.05, 3.63) is 11.9 Å². The normalized spacial score (nSPS) is 11.3. The molecule has 0 bridgehead atoms. The standard InChI is InChI=1S/C20H38N4O6/c1-18(2)4-6-24-16-19(22-23-24)17-30-15-14-29-13-12-28-11-10-27-9-8-26-7-5-20(25)21-3/h16,18H,4-15,17H2,1-3H3,(H,21,25). The van der Waals surface area contributed by atoms with Gasteiger partial charge in [0.15, 0.2) is 0 Å². The van der Waals surface area contributed by atoms with Crippen molar-refractivity contribution in [2.75, 3.05) is 66.5 Å². The van der Waals surface area contributed by atoms with Crippen LogP contribution in [0.1, 0.15) is 32.4 Å². The Balaban J connectivity index is 1.79. The molecule has 0 aliphatic rings. The number of hydrogen-bond donors (Lipinski definition) is 1. The molecular formula is C20H38N4O6. The monoisotopic (exact) mass is 430 g/mol. The van der Waals surface area contributed by atoms with Crippen LogP contribution in [0.3, 0.4) is 0 Å². The van der Waals surface area contributed by atoms with Crippen LogP contribution < -0.4 is 5.32 Å². The molecule has 1 heterocycles. The first-order chi connectivity index (χ1) is 14.6. The van der Waals surface area contributed by atoms with E-state index in [1.807, 2.05) is 10.9 Å². The van der Waals surface area contributed by atoms with Crippen molar-refractivity contribution in [1.82, 2.24) is 20.3 Å². The van der Waals surface area contributed by atoms with Crippen molar-refractivity contribution in [3.63, 3.8) is 0 Å². The number of hydrogen-bond acceptors (Lipinski definition) is 8. The Morgan fingerprint density at radius 1 is 0.933 bits per heavy atom. The van der Waals surface area contributed by atoms with Crippen LogP contribution in [0.2, 0.25) is 0 Å². The maximum absolute atomic E-state index is 11.0. The molecule has 1 amide bonds. The summed E-state index contributed by atoms with van der Waals surface area (Å²) in [6.07, 6.45) is 3.38. The fraction of sp³-hybridized carbons (Fsp3) is 0.850. The van der Waals surface area contributed by atoms with Crippen LogP contribution in [0.4, 0.5) is 0 Å². The molecule has 0 aromatic carbocycles. The van der Waals surface area contributed by atoms with E-state index in [0.29, 0.717) is 78.4 Å². The first kappa shape index (κ1) is 26.4. The summed E-state index contributed by atoms with van der Waals surface area (Å²) in [6, 6.07) is 0. The van der Waals surface area contributed by atoms with Gasteiger partial charge in [-0.3, -0.25) is 9.48 Å². The predicted molar refractivity (Wildman–Crippen MR) is 111 cm³/mol. The summed E-state index contributed by atoms with van der Waals surface area (Å²) in [5, 5.41) is 10.7. The summed E-state index contributed by atoms with van der Waals surface area (Å²) >= 11 is 0. The lowest BCUT2D eigenvalue weighted by atomic mass is 10.1. The summed E-state index contributed by atoms with van der Waals surface area (Å²) in [6.45, 7) is 10.1. The van der Waals surface area contributed by atoms with E-state index in [0.717, 1.165) is 18.7 Å². The minimum absolute atomic E-state index is 0.0281. The van der Waals surface area contributed by atoms with Gasteiger partial charge in [-0.25, -0.2) is 0 Å². The molecule has 10 heteroatoms. The van der Waals surface area contributed by atoms with Crippen molar-refractivity contribution >= 4 is 5.91 Å². The van der Waals surface area contributed by atoms with Gasteiger partial charge in [0, 0.05) is 20.0 Å². The highest BCUT2D eigenvalue weighted by molar-refractivity contribution is 5.75. The maximum atomic E-state index is 11.0. The van der Waals surface area contributed by atoms with Gasteiger partial charge in [0.2, 0.25) is 5.91 Å². The topological polar surface area (TPSA) is 106 Å². The van der Waals surface area contributed by atoms with Crippen LogP contribution in [0.15, 0.2) is 6.20 Å². The lowest BCUT2D eigenvalue weighted by Crippen LogP contribution is -2.20. The van der Waals surface area contributed by atoms with E-state index < -0.39 is 0 Å². The van der Waals surface area contributed by atoms with Crippen LogP contribution in [0.5, 0.6) is 0 Å². The number of nitrogens with one attached hydrogen (secondary N) is 1. The lowest BCUT2D eigenvalue weighted by molar-refractivity contribution is -0.121. The van der Waals surface area contributed by atoms with Gasteiger partial charge < -0.3 is 29.0 Å². The molecule has 0 saturated carbocycles. The summed E-state index contributed by atoms with van der Waals surface area (Å²) in [5.41, 5.74) is 0.832. The van der Waals surface area contributed by atoms with Gasteiger partial charge in [-0.1, -0.05) is 19.1 Å². The van der Waals surface area contributed by atoms with Crippen molar-refractivity contribution in [3.8, 4) is 0 Å². The van der Waals surface area contributed by atoms with E-state index in [4.69, 9.17) is 23.7 Å². The highest BCUT2D eigenvalue weighted by atomic mass is 16.6.